The van der Waals surface area contributed by atoms with Gasteiger partial charge in [0, 0.05) is 5.69 Å². The molecular formula is C27H24N2O4. The summed E-state index contributed by atoms with van der Waals surface area (Å²) in [6.45, 7) is 0.160. The predicted molar refractivity (Wildman–Crippen MR) is 124 cm³/mol. The van der Waals surface area contributed by atoms with E-state index in [-0.39, 0.29) is 12.6 Å². The molecule has 1 fully saturated rings. The van der Waals surface area contributed by atoms with Crippen LogP contribution < -0.4 is 10.2 Å². The first-order chi connectivity index (χ1) is 16.2. The van der Waals surface area contributed by atoms with Gasteiger partial charge in [-0.2, -0.15) is 0 Å². The van der Waals surface area contributed by atoms with Crippen LogP contribution in [0.4, 0.5) is 10.5 Å². The molecule has 3 aromatic rings. The van der Waals surface area contributed by atoms with E-state index in [1.54, 1.807) is 0 Å². The largest absolute Gasteiger partial charge is 0.445 e. The number of amides is 1. The molecule has 1 amide bonds. The smallest absolute Gasteiger partial charge is 0.407 e. The number of carbonyl (C=O) groups is 2. The van der Waals surface area contributed by atoms with Crippen molar-refractivity contribution in [3.63, 3.8) is 0 Å². The lowest BCUT2D eigenvalue weighted by Gasteiger charge is -2.33. The number of hydrogen-bond acceptors (Lipinski definition) is 5. The summed E-state index contributed by atoms with van der Waals surface area (Å²) in [5.41, 5.74) is 4.45. The van der Waals surface area contributed by atoms with Crippen molar-refractivity contribution in [1.29, 1.82) is 0 Å². The predicted octanol–water partition coefficient (Wildman–Crippen LogP) is 4.35. The fraction of sp³-hybridized carbons (Fsp3) is 0.185. The maximum atomic E-state index is 12.8. The number of alkyl carbamates (subject to hydrolysis) is 1. The highest BCUT2D eigenvalue weighted by Crippen LogP contribution is 2.37. The normalized spacial score (nSPS) is 17.3. The van der Waals surface area contributed by atoms with E-state index in [1.165, 1.54) is 0 Å². The van der Waals surface area contributed by atoms with Gasteiger partial charge in [0.2, 0.25) is 6.23 Å². The number of ether oxygens (including phenoxy) is 2. The van der Waals surface area contributed by atoms with Gasteiger partial charge in [0.05, 0.1) is 6.04 Å². The molecular weight excluding hydrogens is 416 g/mol. The van der Waals surface area contributed by atoms with Gasteiger partial charge in [0.25, 0.3) is 0 Å². The van der Waals surface area contributed by atoms with E-state index in [0.717, 1.165) is 22.4 Å². The van der Waals surface area contributed by atoms with Gasteiger partial charge in [0.15, 0.2) is 0 Å². The molecule has 0 bridgehead atoms. The topological polar surface area (TPSA) is 67.9 Å². The van der Waals surface area contributed by atoms with Crippen LogP contribution in [-0.4, -0.2) is 24.3 Å². The van der Waals surface area contributed by atoms with Crippen LogP contribution in [0.2, 0.25) is 0 Å². The molecule has 1 saturated heterocycles. The van der Waals surface area contributed by atoms with Crippen LogP contribution in [-0.2, 0) is 33.7 Å². The van der Waals surface area contributed by atoms with Crippen molar-refractivity contribution in [2.24, 2.45) is 0 Å². The number of hydrogen-bond donors (Lipinski definition) is 1. The molecule has 5 rings (SSSR count). The molecule has 0 saturated carbocycles. The van der Waals surface area contributed by atoms with E-state index in [2.05, 4.69) is 5.32 Å². The first-order valence-electron chi connectivity index (χ1n) is 11.0. The summed E-state index contributed by atoms with van der Waals surface area (Å²) >= 11 is 0. The van der Waals surface area contributed by atoms with Gasteiger partial charge in [-0.25, -0.2) is 9.59 Å². The van der Waals surface area contributed by atoms with Crippen LogP contribution in [0.1, 0.15) is 16.7 Å². The number of esters is 1. The first-order valence-corrected chi connectivity index (χ1v) is 11.0. The Kier molecular flexibility index (Phi) is 5.81. The lowest BCUT2D eigenvalue weighted by atomic mass is 10.00. The molecule has 6 heteroatoms. The Balaban J connectivity index is 1.40. The maximum Gasteiger partial charge on any atom is 0.407 e. The quantitative estimate of drug-likeness (QED) is 0.577. The van der Waals surface area contributed by atoms with E-state index < -0.39 is 18.4 Å². The summed E-state index contributed by atoms with van der Waals surface area (Å²) in [6.07, 6.45) is 1.79. The van der Waals surface area contributed by atoms with Gasteiger partial charge in [-0.1, -0.05) is 78.9 Å². The number of para-hydroxylation sites is 1. The van der Waals surface area contributed by atoms with Crippen molar-refractivity contribution in [2.45, 2.75) is 31.7 Å². The van der Waals surface area contributed by atoms with Gasteiger partial charge in [0.1, 0.15) is 12.3 Å². The molecule has 2 heterocycles. The van der Waals surface area contributed by atoms with Crippen molar-refractivity contribution < 1.29 is 19.1 Å². The minimum Gasteiger partial charge on any atom is -0.445 e. The number of allylic oxidation sites excluding steroid dienone is 1. The Morgan fingerprint density at radius 2 is 1.64 bits per heavy atom. The number of anilines is 1. The Bertz CT molecular complexity index is 1180. The van der Waals surface area contributed by atoms with Crippen LogP contribution >= 0.6 is 0 Å². The van der Waals surface area contributed by atoms with Crippen molar-refractivity contribution in [3.8, 4) is 0 Å². The molecule has 0 radical (unpaired) electrons. The molecule has 0 aliphatic carbocycles. The third-order valence-corrected chi connectivity index (χ3v) is 5.88. The van der Waals surface area contributed by atoms with Crippen LogP contribution in [0.3, 0.4) is 0 Å². The average Bonchev–Trinajstić information content (AvgIpc) is 3.20. The first kappa shape index (κ1) is 20.8. The molecule has 0 aromatic heterocycles. The zero-order valence-electron chi connectivity index (χ0n) is 18.0. The molecule has 3 aromatic carbocycles. The zero-order chi connectivity index (χ0) is 22.6. The highest BCUT2D eigenvalue weighted by atomic mass is 16.6. The van der Waals surface area contributed by atoms with E-state index in [4.69, 9.17) is 9.47 Å². The molecule has 2 aliphatic rings. The second kappa shape index (κ2) is 9.20. The number of nitrogens with zero attached hydrogens (tertiary/aromatic N) is 1. The lowest BCUT2D eigenvalue weighted by Crippen LogP contribution is -2.51. The average molecular weight is 440 g/mol. The SMILES string of the molecule is O=C(N[C@@H](Cc1ccccc1)[C@H]1OC(=O)C2=CCc3ccccc3N21)OCc1ccccc1. The molecule has 0 spiro atoms. The van der Waals surface area contributed by atoms with Crippen molar-refractivity contribution >= 4 is 17.7 Å². The van der Waals surface area contributed by atoms with Gasteiger partial charge < -0.3 is 14.8 Å². The van der Waals surface area contributed by atoms with Crippen LogP contribution in [0, 0.1) is 0 Å². The summed E-state index contributed by atoms with van der Waals surface area (Å²) in [7, 11) is 0. The fourth-order valence-corrected chi connectivity index (χ4v) is 4.30. The van der Waals surface area contributed by atoms with E-state index in [1.807, 2.05) is 95.9 Å². The lowest BCUT2D eigenvalue weighted by molar-refractivity contribution is -0.139. The monoisotopic (exact) mass is 440 g/mol. The van der Waals surface area contributed by atoms with Crippen LogP contribution in [0.5, 0.6) is 0 Å². The molecule has 33 heavy (non-hydrogen) atoms. The molecule has 6 nitrogen and oxygen atoms in total. The number of rotatable bonds is 6. The van der Waals surface area contributed by atoms with Gasteiger partial charge in [-0.15, -0.1) is 0 Å². The summed E-state index contributed by atoms with van der Waals surface area (Å²) in [5, 5.41) is 2.95. The molecule has 2 atom stereocenters. The van der Waals surface area contributed by atoms with Gasteiger partial charge in [-0.05, 0) is 41.7 Å². The Morgan fingerprint density at radius 3 is 2.39 bits per heavy atom. The van der Waals surface area contributed by atoms with E-state index in [9.17, 15) is 9.59 Å². The summed E-state index contributed by atoms with van der Waals surface area (Å²) in [5.74, 6) is -0.382. The Morgan fingerprint density at radius 1 is 0.970 bits per heavy atom. The standard InChI is InChI=1S/C27H24N2O4/c30-26-24-16-15-21-13-7-8-14-23(21)29(24)25(33-26)22(17-19-9-3-1-4-10-19)28-27(31)32-18-20-11-5-2-6-12-20/h1-14,16,22,25H,15,17-18H2,(H,28,31)/t22-,25+/m0/s1. The molecule has 166 valence electrons. The molecule has 0 unspecified atom stereocenters. The third kappa shape index (κ3) is 4.46. The summed E-state index contributed by atoms with van der Waals surface area (Å²) in [4.78, 5) is 27.4. The number of carbonyl (C=O) groups excluding carboxylic acids is 2. The van der Waals surface area contributed by atoms with Crippen LogP contribution in [0.15, 0.2) is 96.7 Å². The highest BCUT2D eigenvalue weighted by Gasteiger charge is 2.44. The van der Waals surface area contributed by atoms with E-state index in [0.29, 0.717) is 18.5 Å². The van der Waals surface area contributed by atoms with Crippen molar-refractivity contribution in [3.05, 3.63) is 113 Å². The van der Waals surface area contributed by atoms with Gasteiger partial charge in [-0.3, -0.25) is 4.90 Å². The fourth-order valence-electron chi connectivity index (χ4n) is 4.30. The minimum absolute atomic E-state index is 0.160. The van der Waals surface area contributed by atoms with Gasteiger partial charge >= 0.3 is 12.1 Å². The summed E-state index contributed by atoms with van der Waals surface area (Å²) < 4.78 is 11.3. The van der Waals surface area contributed by atoms with E-state index >= 15 is 0 Å². The number of fused-ring (bicyclic) bond motifs is 3. The number of benzene rings is 3. The second-order valence-electron chi connectivity index (χ2n) is 8.09. The number of cyclic esters (lactones) is 1. The minimum atomic E-state index is -0.685. The summed E-state index contributed by atoms with van der Waals surface area (Å²) in [6, 6.07) is 26.7. The third-order valence-electron chi connectivity index (χ3n) is 5.88. The highest BCUT2D eigenvalue weighted by molar-refractivity contribution is 5.97. The Hall–Kier alpha value is -4.06. The second-order valence-corrected chi connectivity index (χ2v) is 8.09. The van der Waals surface area contributed by atoms with Crippen molar-refractivity contribution in [1.82, 2.24) is 5.32 Å². The van der Waals surface area contributed by atoms with Crippen LogP contribution in [0.25, 0.3) is 0 Å². The molecule has 2 aliphatic heterocycles. The Labute approximate surface area is 192 Å². The molecule has 1 N–H and O–H groups in total. The zero-order valence-corrected chi connectivity index (χ0v) is 18.0. The number of nitrogens with one attached hydrogen (secondary N) is 1. The maximum absolute atomic E-state index is 12.8. The van der Waals surface area contributed by atoms with Crippen molar-refractivity contribution in [2.75, 3.05) is 4.90 Å².